The third-order valence-electron chi connectivity index (χ3n) is 5.20. The molecule has 2 amide bonds. The van der Waals surface area contributed by atoms with E-state index in [-0.39, 0.29) is 6.04 Å². The van der Waals surface area contributed by atoms with Gasteiger partial charge in [0.15, 0.2) is 5.82 Å². The molecule has 3 aromatic rings. The summed E-state index contributed by atoms with van der Waals surface area (Å²) >= 11 is 0. The summed E-state index contributed by atoms with van der Waals surface area (Å²) in [5, 5.41) is 13.7. The highest BCUT2D eigenvalue weighted by Crippen LogP contribution is 2.21. The second-order valence-electron chi connectivity index (χ2n) is 7.83. The number of urea groups is 1. The molecule has 4 rings (SSSR count). The van der Waals surface area contributed by atoms with E-state index >= 15 is 0 Å². The Balaban J connectivity index is 1.43. The van der Waals surface area contributed by atoms with Crippen molar-refractivity contribution >= 4 is 23.4 Å². The number of rotatable bonds is 5. The van der Waals surface area contributed by atoms with Gasteiger partial charge in [-0.3, -0.25) is 10.6 Å². The van der Waals surface area contributed by atoms with Gasteiger partial charge in [0.05, 0.1) is 0 Å². The molecule has 0 unspecified atom stereocenters. The lowest BCUT2D eigenvalue weighted by Crippen LogP contribution is -2.44. The van der Waals surface area contributed by atoms with Crippen molar-refractivity contribution in [1.29, 1.82) is 0 Å². The number of carbonyl (C=O) groups is 1. The van der Waals surface area contributed by atoms with Gasteiger partial charge in [0, 0.05) is 50.2 Å². The topological polar surface area (TPSA) is 104 Å². The first kappa shape index (κ1) is 20.7. The molecule has 10 heteroatoms. The minimum Gasteiger partial charge on any atom is -0.369 e. The van der Waals surface area contributed by atoms with E-state index in [2.05, 4.69) is 47.6 Å². The fourth-order valence-electron chi connectivity index (χ4n) is 3.45. The van der Waals surface area contributed by atoms with Gasteiger partial charge in [-0.25, -0.2) is 14.8 Å². The number of nitrogens with zero attached hydrogens (tertiary/aromatic N) is 7. The lowest BCUT2D eigenvalue weighted by Gasteiger charge is -2.34. The number of carbonyl (C=O) groups excluding carboxylic acids is 1. The summed E-state index contributed by atoms with van der Waals surface area (Å²) < 4.78 is 1.93. The van der Waals surface area contributed by atoms with Crippen molar-refractivity contribution in [3.8, 4) is 11.5 Å². The predicted molar refractivity (Wildman–Crippen MR) is 120 cm³/mol. The van der Waals surface area contributed by atoms with Gasteiger partial charge < -0.3 is 14.4 Å². The molecule has 162 valence electrons. The maximum atomic E-state index is 12.5. The van der Waals surface area contributed by atoms with Crippen LogP contribution >= 0.6 is 0 Å². The molecule has 0 aromatic carbocycles. The fourth-order valence-corrected chi connectivity index (χ4v) is 3.45. The lowest BCUT2D eigenvalue weighted by atomic mass is 10.2. The summed E-state index contributed by atoms with van der Waals surface area (Å²) in [5.74, 6) is 1.56. The summed E-state index contributed by atoms with van der Waals surface area (Å²) in [6.45, 7) is 8.02. The van der Waals surface area contributed by atoms with Crippen LogP contribution in [0.1, 0.15) is 19.9 Å². The second kappa shape index (κ2) is 9.09. The minimum absolute atomic E-state index is 0.199. The van der Waals surface area contributed by atoms with Crippen LogP contribution in [0.2, 0.25) is 0 Å². The first-order valence-electron chi connectivity index (χ1n) is 10.3. The van der Waals surface area contributed by atoms with Gasteiger partial charge >= 0.3 is 6.03 Å². The third kappa shape index (κ3) is 4.97. The highest BCUT2D eigenvalue weighted by Gasteiger charge is 2.16. The molecule has 1 aliphatic rings. The number of hydrogen-bond acceptors (Lipinski definition) is 7. The molecular weight excluding hydrogens is 394 g/mol. The predicted octanol–water partition coefficient (Wildman–Crippen LogP) is 2.71. The summed E-state index contributed by atoms with van der Waals surface area (Å²) in [5.41, 5.74) is 1.69. The summed E-state index contributed by atoms with van der Waals surface area (Å²) in [6.07, 6.45) is 3.38. The van der Waals surface area contributed by atoms with Crippen molar-refractivity contribution in [2.24, 2.45) is 0 Å². The van der Waals surface area contributed by atoms with Crippen molar-refractivity contribution in [1.82, 2.24) is 29.6 Å². The molecule has 10 nitrogen and oxygen atoms in total. The number of likely N-dealkylation sites (N-methyl/N-ethyl adjacent to an activating group) is 1. The third-order valence-corrected chi connectivity index (χ3v) is 5.20. The number of anilines is 3. The van der Waals surface area contributed by atoms with E-state index in [9.17, 15) is 4.79 Å². The molecule has 1 fully saturated rings. The Bertz CT molecular complexity index is 1040. The van der Waals surface area contributed by atoms with Crippen LogP contribution in [0, 0.1) is 0 Å². The molecule has 0 saturated carbocycles. The van der Waals surface area contributed by atoms with E-state index in [1.807, 2.05) is 42.7 Å². The maximum Gasteiger partial charge on any atom is 0.326 e. The zero-order valence-electron chi connectivity index (χ0n) is 18.0. The average Bonchev–Trinajstić information content (AvgIpc) is 3.25. The molecule has 0 bridgehead atoms. The summed E-state index contributed by atoms with van der Waals surface area (Å²) in [4.78, 5) is 25.9. The van der Waals surface area contributed by atoms with E-state index in [0.717, 1.165) is 31.9 Å². The number of amides is 2. The van der Waals surface area contributed by atoms with Crippen LogP contribution in [0.15, 0.2) is 42.9 Å². The van der Waals surface area contributed by atoms with E-state index in [1.165, 1.54) is 0 Å². The summed E-state index contributed by atoms with van der Waals surface area (Å²) in [7, 11) is 2.12. The van der Waals surface area contributed by atoms with E-state index in [0.29, 0.717) is 23.2 Å². The van der Waals surface area contributed by atoms with E-state index < -0.39 is 6.03 Å². The Hall–Kier alpha value is -3.53. The normalized spacial score (nSPS) is 14.6. The standard InChI is InChI=1S/C21H27N9O/c1-15(2)30-14-23-27-20(30)17-5-4-6-18(24-17)25-21(31)26-19-13-16(7-8-22-19)29-11-9-28(3)10-12-29/h4-8,13-15H,9-12H2,1-3H3,(H2,22,24,25,26,31). The molecule has 0 spiro atoms. The number of piperazine rings is 1. The van der Waals surface area contributed by atoms with Crippen molar-refractivity contribution in [2.75, 3.05) is 48.8 Å². The van der Waals surface area contributed by atoms with Crippen molar-refractivity contribution in [2.45, 2.75) is 19.9 Å². The quantitative estimate of drug-likeness (QED) is 0.653. The van der Waals surface area contributed by atoms with Crippen molar-refractivity contribution in [3.63, 3.8) is 0 Å². The SMILES string of the molecule is CC(C)n1cnnc1-c1cccc(NC(=O)Nc2cc(N3CCN(C)CC3)ccn2)n1. The Morgan fingerprint density at radius 3 is 2.61 bits per heavy atom. The van der Waals surface area contributed by atoms with Crippen molar-refractivity contribution in [3.05, 3.63) is 42.9 Å². The Labute approximate surface area is 181 Å². The number of hydrogen-bond donors (Lipinski definition) is 2. The largest absolute Gasteiger partial charge is 0.369 e. The Morgan fingerprint density at radius 1 is 1.06 bits per heavy atom. The number of nitrogens with one attached hydrogen (secondary N) is 2. The molecule has 1 aliphatic heterocycles. The molecule has 31 heavy (non-hydrogen) atoms. The zero-order valence-corrected chi connectivity index (χ0v) is 18.0. The van der Waals surface area contributed by atoms with E-state index in [1.54, 1.807) is 18.6 Å². The molecule has 2 N–H and O–H groups in total. The van der Waals surface area contributed by atoms with Gasteiger partial charge in [-0.05, 0) is 39.1 Å². The Morgan fingerprint density at radius 2 is 1.84 bits per heavy atom. The van der Waals surface area contributed by atoms with Crippen LogP contribution in [0.3, 0.4) is 0 Å². The van der Waals surface area contributed by atoms with Gasteiger partial charge in [-0.2, -0.15) is 0 Å². The number of aromatic nitrogens is 5. The van der Waals surface area contributed by atoms with Crippen LogP contribution in [0.25, 0.3) is 11.5 Å². The molecule has 3 aromatic heterocycles. The minimum atomic E-state index is -0.405. The molecule has 0 atom stereocenters. The highest BCUT2D eigenvalue weighted by molar-refractivity contribution is 5.98. The molecule has 0 aliphatic carbocycles. The van der Waals surface area contributed by atoms with Gasteiger partial charge in [0.1, 0.15) is 23.7 Å². The molecule has 1 saturated heterocycles. The first-order chi connectivity index (χ1) is 15.0. The Kier molecular flexibility index (Phi) is 6.08. The fraction of sp³-hybridized carbons (Fsp3) is 0.381. The average molecular weight is 422 g/mol. The van der Waals surface area contributed by atoms with Crippen molar-refractivity contribution < 1.29 is 4.79 Å². The molecular formula is C21H27N9O. The maximum absolute atomic E-state index is 12.5. The lowest BCUT2D eigenvalue weighted by molar-refractivity contribution is 0.262. The van der Waals surface area contributed by atoms with Gasteiger partial charge in [-0.15, -0.1) is 10.2 Å². The van der Waals surface area contributed by atoms with E-state index in [4.69, 9.17) is 0 Å². The first-order valence-corrected chi connectivity index (χ1v) is 10.3. The monoisotopic (exact) mass is 421 g/mol. The number of pyridine rings is 2. The van der Waals surface area contributed by atoms with Crippen LogP contribution in [-0.2, 0) is 0 Å². The van der Waals surface area contributed by atoms with Crippen LogP contribution in [0.4, 0.5) is 22.1 Å². The smallest absolute Gasteiger partial charge is 0.326 e. The van der Waals surface area contributed by atoms with Crippen LogP contribution in [0.5, 0.6) is 0 Å². The highest BCUT2D eigenvalue weighted by atomic mass is 16.2. The van der Waals surface area contributed by atoms with Crippen LogP contribution in [-0.4, -0.2) is 68.9 Å². The van der Waals surface area contributed by atoms with Crippen LogP contribution < -0.4 is 15.5 Å². The molecule has 0 radical (unpaired) electrons. The van der Waals surface area contributed by atoms with Gasteiger partial charge in [0.2, 0.25) is 0 Å². The summed E-state index contributed by atoms with van der Waals surface area (Å²) in [6, 6.07) is 9.04. The second-order valence-corrected chi connectivity index (χ2v) is 7.83. The molecule has 4 heterocycles. The zero-order chi connectivity index (χ0) is 21.8. The van der Waals surface area contributed by atoms with Gasteiger partial charge in [0.25, 0.3) is 0 Å². The van der Waals surface area contributed by atoms with Gasteiger partial charge in [-0.1, -0.05) is 6.07 Å².